The van der Waals surface area contributed by atoms with Gasteiger partial charge in [0.1, 0.15) is 0 Å². The third-order valence-electron chi connectivity index (χ3n) is 4.05. The van der Waals surface area contributed by atoms with Gasteiger partial charge in [-0.25, -0.2) is 0 Å². The van der Waals surface area contributed by atoms with Crippen LogP contribution in [0.2, 0.25) is 0 Å². The summed E-state index contributed by atoms with van der Waals surface area (Å²) in [5.74, 6) is 4.53. The topological polar surface area (TPSA) is 20.3 Å². The van der Waals surface area contributed by atoms with E-state index in [1.165, 1.54) is 17.7 Å². The van der Waals surface area contributed by atoms with Crippen molar-refractivity contribution in [3.8, 4) is 10.8 Å². The van der Waals surface area contributed by atoms with E-state index in [1.807, 2.05) is 11.0 Å². The van der Waals surface area contributed by atoms with Crippen molar-refractivity contribution in [2.45, 2.75) is 39.0 Å². The average molecular weight is 322 g/mol. The Hall–Kier alpha value is -1.01. The Morgan fingerprint density at radius 1 is 1.53 bits per heavy atom. The maximum Gasteiger partial charge on any atom is 0.227 e. The zero-order valence-corrected chi connectivity index (χ0v) is 13.0. The number of nitrogens with zero attached hydrogens (tertiary/aromatic N) is 1. The first kappa shape index (κ1) is 14.4. The Kier molecular flexibility index (Phi) is 4.87. The molecule has 1 aliphatic carbocycles. The Balaban J connectivity index is 2.32. The minimum atomic E-state index is 0.248. The number of hydrogen-bond acceptors (Lipinski definition) is 1. The predicted octanol–water partition coefficient (Wildman–Crippen LogP) is 3.84. The molecule has 3 heteroatoms. The number of carbonyl (C=O) groups excluding carboxylic acids is 1. The molecule has 0 bridgehead atoms. The Bertz CT molecular complexity index is 469. The van der Waals surface area contributed by atoms with Gasteiger partial charge in [0.15, 0.2) is 0 Å². The second kappa shape index (κ2) is 6.43. The van der Waals surface area contributed by atoms with Crippen LogP contribution in [0.3, 0.4) is 0 Å². The molecule has 1 heterocycles. The van der Waals surface area contributed by atoms with Crippen molar-refractivity contribution < 1.29 is 4.79 Å². The van der Waals surface area contributed by atoms with Crippen molar-refractivity contribution in [2.75, 3.05) is 6.54 Å². The van der Waals surface area contributed by atoms with Crippen LogP contribution in [0.4, 0.5) is 0 Å². The number of hydrogen-bond donors (Lipinski definition) is 0. The van der Waals surface area contributed by atoms with Gasteiger partial charge in [-0.05, 0) is 41.5 Å². The summed E-state index contributed by atoms with van der Waals surface area (Å²) in [4.78, 5) is 16.8. The molecule has 1 aliphatic heterocycles. The highest BCUT2D eigenvalue weighted by molar-refractivity contribution is 9.12. The fourth-order valence-electron chi connectivity index (χ4n) is 3.28. The highest BCUT2D eigenvalue weighted by Crippen LogP contribution is 2.41. The van der Waals surface area contributed by atoms with Crippen molar-refractivity contribution in [1.29, 1.82) is 0 Å². The summed E-state index contributed by atoms with van der Waals surface area (Å²) >= 11 is 3.17. The predicted molar refractivity (Wildman–Crippen MR) is 81.4 cm³/mol. The van der Waals surface area contributed by atoms with Gasteiger partial charge < -0.3 is 4.90 Å². The molecule has 0 spiro atoms. The van der Waals surface area contributed by atoms with E-state index >= 15 is 0 Å². The van der Waals surface area contributed by atoms with Crippen LogP contribution in [0.1, 0.15) is 39.0 Å². The van der Waals surface area contributed by atoms with E-state index in [1.54, 1.807) is 0 Å². The van der Waals surface area contributed by atoms with E-state index in [0.29, 0.717) is 24.8 Å². The highest BCUT2D eigenvalue weighted by atomic mass is 79.9. The van der Waals surface area contributed by atoms with Crippen LogP contribution in [0.25, 0.3) is 0 Å². The van der Waals surface area contributed by atoms with Crippen molar-refractivity contribution >= 4 is 21.8 Å². The lowest BCUT2D eigenvalue weighted by Crippen LogP contribution is -2.38. The van der Waals surface area contributed by atoms with Crippen molar-refractivity contribution in [1.82, 2.24) is 4.90 Å². The van der Waals surface area contributed by atoms with E-state index in [2.05, 4.69) is 40.2 Å². The largest absolute Gasteiger partial charge is 0.312 e. The molecule has 2 rings (SSSR count). The fourth-order valence-corrected chi connectivity index (χ4v) is 3.44. The van der Waals surface area contributed by atoms with Gasteiger partial charge in [-0.2, -0.15) is 0 Å². The van der Waals surface area contributed by atoms with Gasteiger partial charge in [-0.15, -0.1) is 6.58 Å². The summed E-state index contributed by atoms with van der Waals surface area (Å²) in [5.41, 5.74) is 2.73. The Morgan fingerprint density at radius 2 is 2.32 bits per heavy atom. The summed E-state index contributed by atoms with van der Waals surface area (Å²) in [7, 11) is 0. The maximum atomic E-state index is 12.1. The second-order valence-corrected chi connectivity index (χ2v) is 5.88. The van der Waals surface area contributed by atoms with E-state index in [9.17, 15) is 4.79 Å². The van der Waals surface area contributed by atoms with Crippen LogP contribution in [0.5, 0.6) is 0 Å². The zero-order chi connectivity index (χ0) is 13.8. The zero-order valence-electron chi connectivity index (χ0n) is 11.4. The molecule has 0 fully saturated rings. The molecular formula is C16H20BrNO. The van der Waals surface area contributed by atoms with Crippen molar-refractivity contribution in [3.05, 3.63) is 23.9 Å². The minimum absolute atomic E-state index is 0.248. The van der Waals surface area contributed by atoms with E-state index < -0.39 is 0 Å². The lowest BCUT2D eigenvalue weighted by Gasteiger charge is -2.40. The molecule has 2 aliphatic rings. The van der Waals surface area contributed by atoms with Gasteiger partial charge in [0.25, 0.3) is 0 Å². The summed E-state index contributed by atoms with van der Waals surface area (Å²) in [6, 6.07) is 0. The van der Waals surface area contributed by atoms with E-state index in [4.69, 9.17) is 0 Å². The molecule has 102 valence electrons. The molecule has 0 saturated heterocycles. The van der Waals surface area contributed by atoms with Gasteiger partial charge in [-0.3, -0.25) is 4.79 Å². The van der Waals surface area contributed by atoms with E-state index in [0.717, 1.165) is 19.3 Å². The monoisotopic (exact) mass is 321 g/mol. The smallest absolute Gasteiger partial charge is 0.227 e. The minimum Gasteiger partial charge on any atom is -0.312 e. The molecule has 0 unspecified atom stereocenters. The first-order valence-electron chi connectivity index (χ1n) is 6.89. The molecule has 0 aromatic heterocycles. The Labute approximate surface area is 124 Å². The summed E-state index contributed by atoms with van der Waals surface area (Å²) < 4.78 is 0. The van der Waals surface area contributed by atoms with Crippen molar-refractivity contribution in [2.24, 2.45) is 11.8 Å². The first-order chi connectivity index (χ1) is 9.17. The fraction of sp³-hybridized carbons (Fsp3) is 0.562. The third kappa shape index (κ3) is 3.12. The summed E-state index contributed by atoms with van der Waals surface area (Å²) in [6.07, 6.45) is 6.48. The van der Waals surface area contributed by atoms with Crippen LogP contribution in [-0.2, 0) is 4.79 Å². The molecule has 2 atom stereocenters. The van der Waals surface area contributed by atoms with Crippen LogP contribution in [0, 0.1) is 22.6 Å². The second-order valence-electron chi connectivity index (χ2n) is 5.48. The van der Waals surface area contributed by atoms with Crippen LogP contribution in [0.15, 0.2) is 23.9 Å². The molecule has 0 radical (unpaired) electrons. The SMILES string of the molecule is C=CCN1C(=O)CCC2=C1C[C@H](C)C[C@H]2CC#CBr. The quantitative estimate of drug-likeness (QED) is 0.571. The molecule has 1 amide bonds. The molecule has 0 saturated carbocycles. The number of amides is 1. The van der Waals surface area contributed by atoms with Gasteiger partial charge in [0, 0.05) is 41.0 Å². The highest BCUT2D eigenvalue weighted by Gasteiger charge is 2.34. The lowest BCUT2D eigenvalue weighted by atomic mass is 9.75. The van der Waals surface area contributed by atoms with Gasteiger partial charge in [-0.1, -0.05) is 18.9 Å². The standard InChI is InChI=1S/C16H20BrNO/c1-3-9-18-15-11-12(2)10-13(5-4-8-17)14(15)6-7-16(18)19/h3,12-13H,1,5-7,9-11H2,2H3/t12-,13-/m1/s1. The van der Waals surface area contributed by atoms with Gasteiger partial charge in [0.05, 0.1) is 0 Å². The van der Waals surface area contributed by atoms with E-state index in [-0.39, 0.29) is 5.91 Å². The Morgan fingerprint density at radius 3 is 3.00 bits per heavy atom. The third-order valence-corrected chi connectivity index (χ3v) is 4.33. The molecule has 0 aromatic carbocycles. The number of halogens is 1. The summed E-state index contributed by atoms with van der Waals surface area (Å²) in [6.45, 7) is 6.68. The molecule has 19 heavy (non-hydrogen) atoms. The number of rotatable bonds is 3. The van der Waals surface area contributed by atoms with Crippen molar-refractivity contribution in [3.63, 3.8) is 0 Å². The molecule has 0 N–H and O–H groups in total. The molecule has 0 aromatic rings. The number of carbonyl (C=O) groups is 1. The normalized spacial score (nSPS) is 26.6. The van der Waals surface area contributed by atoms with Crippen LogP contribution in [-0.4, -0.2) is 17.4 Å². The van der Waals surface area contributed by atoms with Gasteiger partial charge >= 0.3 is 0 Å². The van der Waals surface area contributed by atoms with Gasteiger partial charge in [0.2, 0.25) is 5.91 Å². The molecule has 2 nitrogen and oxygen atoms in total. The lowest BCUT2D eigenvalue weighted by molar-refractivity contribution is -0.130. The maximum absolute atomic E-state index is 12.1. The van der Waals surface area contributed by atoms with Crippen LogP contribution >= 0.6 is 15.9 Å². The summed E-state index contributed by atoms with van der Waals surface area (Å²) in [5, 5.41) is 0. The number of allylic oxidation sites excluding steroid dienone is 2. The van der Waals surface area contributed by atoms with Crippen LogP contribution < -0.4 is 0 Å². The average Bonchev–Trinajstić information content (AvgIpc) is 2.39. The first-order valence-corrected chi connectivity index (χ1v) is 7.68. The molecular weight excluding hydrogens is 302 g/mol.